The van der Waals surface area contributed by atoms with Crippen molar-refractivity contribution in [2.45, 2.75) is 13.0 Å². The van der Waals surface area contributed by atoms with Crippen LogP contribution in [0, 0.1) is 0 Å². The molecule has 0 bridgehead atoms. The number of ether oxygens (including phenoxy) is 2. The van der Waals surface area contributed by atoms with Crippen LogP contribution in [-0.2, 0) is 16.1 Å². The first-order chi connectivity index (χ1) is 15.1. The number of fused-ring (bicyclic) bond motifs is 1. The molecule has 1 N–H and O–H groups in total. The molecule has 0 aromatic heterocycles. The van der Waals surface area contributed by atoms with E-state index in [4.69, 9.17) is 21.1 Å². The Bertz CT molecular complexity index is 1070. The molecule has 7 heteroatoms. The van der Waals surface area contributed by atoms with E-state index in [2.05, 4.69) is 5.32 Å². The fraction of sp³-hybridized carbons (Fsp3) is 0.167. The average molecular weight is 437 g/mol. The Hall–Kier alpha value is -3.51. The second kappa shape index (κ2) is 9.53. The summed E-state index contributed by atoms with van der Waals surface area (Å²) in [5, 5.41) is 3.49. The summed E-state index contributed by atoms with van der Waals surface area (Å²) in [4.78, 5) is 26.5. The third-order valence-corrected chi connectivity index (χ3v) is 5.03. The zero-order valence-electron chi connectivity index (χ0n) is 16.7. The van der Waals surface area contributed by atoms with Crippen LogP contribution >= 0.6 is 11.6 Å². The highest BCUT2D eigenvalue weighted by Gasteiger charge is 2.26. The highest BCUT2D eigenvalue weighted by molar-refractivity contribution is 6.30. The lowest BCUT2D eigenvalue weighted by Gasteiger charge is -2.30. The number of amides is 2. The van der Waals surface area contributed by atoms with E-state index in [1.165, 1.54) is 0 Å². The summed E-state index contributed by atoms with van der Waals surface area (Å²) in [6.07, 6.45) is 0.204. The first-order valence-electron chi connectivity index (χ1n) is 9.88. The lowest BCUT2D eigenvalue weighted by atomic mass is 10.1. The molecule has 158 valence electrons. The number of halogens is 1. The van der Waals surface area contributed by atoms with Gasteiger partial charge in [0.1, 0.15) is 11.5 Å². The summed E-state index contributed by atoms with van der Waals surface area (Å²) < 4.78 is 11.1. The minimum absolute atomic E-state index is 0.0247. The topological polar surface area (TPSA) is 67.9 Å². The van der Waals surface area contributed by atoms with Gasteiger partial charge in [0, 0.05) is 10.7 Å². The van der Waals surface area contributed by atoms with E-state index < -0.39 is 0 Å². The highest BCUT2D eigenvalue weighted by atomic mass is 35.5. The van der Waals surface area contributed by atoms with Gasteiger partial charge in [0.05, 0.1) is 25.3 Å². The fourth-order valence-corrected chi connectivity index (χ4v) is 3.35. The largest absolute Gasteiger partial charge is 0.493 e. The maximum Gasteiger partial charge on any atom is 0.265 e. The zero-order chi connectivity index (χ0) is 21.6. The number of hydrogen-bond acceptors (Lipinski definition) is 4. The van der Waals surface area contributed by atoms with Crippen LogP contribution in [0.3, 0.4) is 0 Å². The van der Waals surface area contributed by atoms with Crippen LogP contribution in [-0.4, -0.2) is 25.0 Å². The van der Waals surface area contributed by atoms with Crippen molar-refractivity contribution in [2.24, 2.45) is 0 Å². The highest BCUT2D eigenvalue weighted by Crippen LogP contribution is 2.35. The van der Waals surface area contributed by atoms with Crippen molar-refractivity contribution < 1.29 is 19.1 Å². The fourth-order valence-electron chi connectivity index (χ4n) is 3.23. The first kappa shape index (κ1) is 20.8. The molecular formula is C24H21ClN2O4. The molecule has 4 rings (SSSR count). The number of rotatable bonds is 7. The van der Waals surface area contributed by atoms with E-state index in [0.29, 0.717) is 28.7 Å². The lowest BCUT2D eigenvalue weighted by molar-refractivity contribution is -0.121. The number of nitrogens with zero attached hydrogens (tertiary/aromatic N) is 1. The van der Waals surface area contributed by atoms with Crippen LogP contribution in [0.2, 0.25) is 5.02 Å². The normalized spacial score (nSPS) is 12.7. The summed E-state index contributed by atoms with van der Waals surface area (Å²) in [7, 11) is 0. The standard InChI is InChI=1S/C24H21ClN2O4/c25-18-8-6-17(7-9-18)15-27-21-14-19(10-11-22(21)31-16-24(27)29)26-23(28)12-13-30-20-4-2-1-3-5-20/h1-11,14H,12-13,15-16H2,(H,26,28). The molecule has 1 aliphatic heterocycles. The van der Waals surface area contributed by atoms with Crippen molar-refractivity contribution >= 4 is 34.8 Å². The van der Waals surface area contributed by atoms with Gasteiger partial charge in [0.15, 0.2) is 6.61 Å². The van der Waals surface area contributed by atoms with E-state index >= 15 is 0 Å². The van der Waals surface area contributed by atoms with E-state index in [1.54, 1.807) is 35.2 Å². The molecule has 0 unspecified atom stereocenters. The Morgan fingerprint density at radius 1 is 1.06 bits per heavy atom. The van der Waals surface area contributed by atoms with Crippen molar-refractivity contribution in [2.75, 3.05) is 23.4 Å². The van der Waals surface area contributed by atoms with Crippen molar-refractivity contribution in [3.63, 3.8) is 0 Å². The maximum absolute atomic E-state index is 12.5. The quantitative estimate of drug-likeness (QED) is 0.584. The molecule has 3 aromatic rings. The van der Waals surface area contributed by atoms with Gasteiger partial charge in [-0.1, -0.05) is 41.9 Å². The van der Waals surface area contributed by atoms with Gasteiger partial charge >= 0.3 is 0 Å². The second-order valence-corrected chi connectivity index (χ2v) is 7.47. The smallest absolute Gasteiger partial charge is 0.265 e. The molecule has 2 amide bonds. The zero-order valence-corrected chi connectivity index (χ0v) is 17.5. The van der Waals surface area contributed by atoms with E-state index in [1.807, 2.05) is 42.5 Å². The summed E-state index contributed by atoms with van der Waals surface area (Å²) in [6.45, 7) is 0.628. The monoisotopic (exact) mass is 436 g/mol. The average Bonchev–Trinajstić information content (AvgIpc) is 2.78. The Balaban J connectivity index is 1.42. The van der Waals surface area contributed by atoms with Crippen LogP contribution in [0.1, 0.15) is 12.0 Å². The predicted molar refractivity (Wildman–Crippen MR) is 120 cm³/mol. The van der Waals surface area contributed by atoms with Crippen molar-refractivity contribution in [3.8, 4) is 11.5 Å². The van der Waals surface area contributed by atoms with Crippen molar-refractivity contribution in [1.29, 1.82) is 0 Å². The van der Waals surface area contributed by atoms with Gasteiger partial charge in [-0.3, -0.25) is 9.59 Å². The van der Waals surface area contributed by atoms with Crippen LogP contribution in [0.5, 0.6) is 11.5 Å². The molecule has 6 nitrogen and oxygen atoms in total. The van der Waals surface area contributed by atoms with Crippen LogP contribution in [0.15, 0.2) is 72.8 Å². The number of anilines is 2. The van der Waals surface area contributed by atoms with Gasteiger partial charge < -0.3 is 19.7 Å². The summed E-state index contributed by atoms with van der Waals surface area (Å²) >= 11 is 5.95. The molecule has 0 radical (unpaired) electrons. The number of benzene rings is 3. The first-order valence-corrected chi connectivity index (χ1v) is 10.3. The molecule has 0 saturated heterocycles. The van der Waals surface area contributed by atoms with Gasteiger partial charge in [-0.2, -0.15) is 0 Å². The maximum atomic E-state index is 12.5. The van der Waals surface area contributed by atoms with Gasteiger partial charge in [0.25, 0.3) is 5.91 Å². The van der Waals surface area contributed by atoms with Gasteiger partial charge in [0.2, 0.25) is 5.91 Å². The lowest BCUT2D eigenvalue weighted by Crippen LogP contribution is -2.38. The molecule has 31 heavy (non-hydrogen) atoms. The Morgan fingerprint density at radius 3 is 2.61 bits per heavy atom. The molecule has 0 atom stereocenters. The minimum atomic E-state index is -0.178. The van der Waals surface area contributed by atoms with Crippen LogP contribution in [0.25, 0.3) is 0 Å². The molecule has 0 fully saturated rings. The second-order valence-electron chi connectivity index (χ2n) is 7.04. The Kier molecular flexibility index (Phi) is 6.38. The molecule has 0 aliphatic carbocycles. The number of hydrogen-bond donors (Lipinski definition) is 1. The molecule has 1 heterocycles. The molecule has 0 saturated carbocycles. The van der Waals surface area contributed by atoms with Crippen LogP contribution in [0.4, 0.5) is 11.4 Å². The van der Waals surface area contributed by atoms with Gasteiger partial charge in [-0.25, -0.2) is 0 Å². The Morgan fingerprint density at radius 2 is 1.84 bits per heavy atom. The minimum Gasteiger partial charge on any atom is -0.493 e. The SMILES string of the molecule is O=C(CCOc1ccccc1)Nc1ccc2c(c1)N(Cc1ccc(Cl)cc1)C(=O)CO2. The van der Waals surface area contributed by atoms with Crippen molar-refractivity contribution in [1.82, 2.24) is 0 Å². The Labute approximate surface area is 185 Å². The number of carbonyl (C=O) groups is 2. The predicted octanol–water partition coefficient (Wildman–Crippen LogP) is 4.67. The van der Waals surface area contributed by atoms with Crippen molar-refractivity contribution in [3.05, 3.63) is 83.4 Å². The van der Waals surface area contributed by atoms with Gasteiger partial charge in [-0.15, -0.1) is 0 Å². The number of para-hydroxylation sites is 1. The summed E-state index contributed by atoms with van der Waals surface area (Å²) in [6, 6.07) is 21.9. The summed E-state index contributed by atoms with van der Waals surface area (Å²) in [5.74, 6) is 0.988. The molecule has 0 spiro atoms. The van der Waals surface area contributed by atoms with Crippen LogP contribution < -0.4 is 19.7 Å². The molecule has 1 aliphatic rings. The van der Waals surface area contributed by atoms with E-state index in [0.717, 1.165) is 11.3 Å². The van der Waals surface area contributed by atoms with Gasteiger partial charge in [-0.05, 0) is 48.0 Å². The molecular weight excluding hydrogens is 416 g/mol. The number of carbonyl (C=O) groups excluding carboxylic acids is 2. The number of nitrogens with one attached hydrogen (secondary N) is 1. The van der Waals surface area contributed by atoms with E-state index in [9.17, 15) is 9.59 Å². The third-order valence-electron chi connectivity index (χ3n) is 4.78. The third kappa shape index (κ3) is 5.35. The van der Waals surface area contributed by atoms with E-state index in [-0.39, 0.29) is 31.4 Å². The molecule has 3 aromatic carbocycles. The summed E-state index contributed by atoms with van der Waals surface area (Å²) in [5.41, 5.74) is 2.14.